The predicted octanol–water partition coefficient (Wildman–Crippen LogP) is 2.34. The first-order valence-corrected chi connectivity index (χ1v) is 10.9. The molecule has 1 saturated heterocycles. The minimum absolute atomic E-state index is 0.0352. The Balaban J connectivity index is 1.52. The van der Waals surface area contributed by atoms with Crippen molar-refractivity contribution in [2.24, 2.45) is 0 Å². The fraction of sp³-hybridized carbons (Fsp3) is 0.263. The molecule has 1 amide bonds. The Hall–Kier alpha value is -3.27. The summed E-state index contributed by atoms with van der Waals surface area (Å²) in [5.41, 5.74) is 1.83. The molecule has 1 atom stereocenters. The zero-order chi connectivity index (χ0) is 20.4. The smallest absolute Gasteiger partial charge is 0.256 e. The van der Waals surface area contributed by atoms with Crippen LogP contribution in [0.4, 0.5) is 17.5 Å². The second kappa shape index (κ2) is 7.63. The van der Waals surface area contributed by atoms with E-state index in [2.05, 4.69) is 25.7 Å². The second-order valence-corrected chi connectivity index (χ2v) is 9.13. The molecule has 29 heavy (non-hydrogen) atoms. The first kappa shape index (κ1) is 19.1. The van der Waals surface area contributed by atoms with Crippen LogP contribution in [0.5, 0.6) is 0 Å². The maximum atomic E-state index is 12.8. The van der Waals surface area contributed by atoms with Crippen molar-refractivity contribution in [3.05, 3.63) is 60.0 Å². The van der Waals surface area contributed by atoms with Crippen molar-refractivity contribution < 1.29 is 13.2 Å². The number of rotatable bonds is 5. The average Bonchev–Trinajstić information content (AvgIpc) is 3.24. The van der Waals surface area contributed by atoms with Crippen molar-refractivity contribution in [1.82, 2.24) is 19.7 Å². The molecule has 1 aliphatic rings. The first-order valence-electron chi connectivity index (χ1n) is 9.12. The molecular weight excluding hydrogens is 392 g/mol. The van der Waals surface area contributed by atoms with E-state index >= 15 is 0 Å². The molecule has 3 heterocycles. The first-order chi connectivity index (χ1) is 13.9. The van der Waals surface area contributed by atoms with Gasteiger partial charge in [0.05, 0.1) is 23.2 Å². The lowest BCUT2D eigenvalue weighted by molar-refractivity contribution is 0.102. The normalized spacial score (nSPS) is 17.8. The van der Waals surface area contributed by atoms with E-state index in [1.54, 1.807) is 54.3 Å². The quantitative estimate of drug-likeness (QED) is 0.660. The number of nitrogens with zero attached hydrogens (tertiary/aromatic N) is 4. The number of aromatic nitrogens is 4. The van der Waals surface area contributed by atoms with Gasteiger partial charge >= 0.3 is 0 Å². The Labute approximate surface area is 168 Å². The molecule has 2 aromatic heterocycles. The molecule has 0 radical (unpaired) electrons. The third-order valence-electron chi connectivity index (χ3n) is 4.60. The van der Waals surface area contributed by atoms with E-state index in [1.165, 1.54) is 0 Å². The van der Waals surface area contributed by atoms with E-state index in [1.807, 2.05) is 6.07 Å². The number of carbonyl (C=O) groups is 1. The van der Waals surface area contributed by atoms with Gasteiger partial charge in [0.25, 0.3) is 5.91 Å². The number of aryl methyl sites for hydroxylation is 1. The largest absolute Gasteiger partial charge is 0.324 e. The fourth-order valence-corrected chi connectivity index (χ4v) is 4.97. The third kappa shape index (κ3) is 4.43. The van der Waals surface area contributed by atoms with Crippen LogP contribution in [0.2, 0.25) is 0 Å². The van der Waals surface area contributed by atoms with Crippen LogP contribution in [0.25, 0.3) is 0 Å². The number of nitrogens with one attached hydrogen (secondary N) is 2. The standard InChI is InChI=1S/C19H20N6O3S/c1-13-10-17(25(24-13)16-6-9-29(27,28)12-16)23-18(26)14-4-2-5-15(11-14)22-19-20-7-3-8-21-19/h2-5,7-8,10-11,16H,6,9,12H2,1H3,(H,23,26)(H,20,21,22)/t16-/m1/s1. The maximum Gasteiger partial charge on any atom is 0.256 e. The monoisotopic (exact) mass is 412 g/mol. The van der Waals surface area contributed by atoms with Gasteiger partial charge in [0.15, 0.2) is 9.84 Å². The molecule has 1 aliphatic heterocycles. The molecule has 0 saturated carbocycles. The van der Waals surface area contributed by atoms with E-state index in [0.717, 1.165) is 0 Å². The Morgan fingerprint density at radius 1 is 1.17 bits per heavy atom. The summed E-state index contributed by atoms with van der Waals surface area (Å²) in [7, 11) is -3.06. The second-order valence-electron chi connectivity index (χ2n) is 6.90. The summed E-state index contributed by atoms with van der Waals surface area (Å²) in [6.45, 7) is 1.81. The molecule has 3 aromatic rings. The van der Waals surface area contributed by atoms with Gasteiger partial charge in [0.1, 0.15) is 5.82 Å². The molecule has 150 valence electrons. The SMILES string of the molecule is Cc1cc(NC(=O)c2cccc(Nc3ncccn3)c2)n([C@@H]2CCS(=O)(=O)C2)n1. The number of carbonyl (C=O) groups excluding carboxylic acids is 1. The zero-order valence-corrected chi connectivity index (χ0v) is 16.6. The molecule has 0 spiro atoms. The Bertz CT molecular complexity index is 1140. The Kier molecular flexibility index (Phi) is 5.01. The van der Waals surface area contributed by atoms with Gasteiger partial charge in [0, 0.05) is 29.7 Å². The summed E-state index contributed by atoms with van der Waals surface area (Å²) in [6, 6.07) is 10.1. The van der Waals surface area contributed by atoms with Crippen LogP contribution in [0.1, 0.15) is 28.5 Å². The minimum atomic E-state index is -3.06. The highest BCUT2D eigenvalue weighted by atomic mass is 32.2. The van der Waals surface area contributed by atoms with Gasteiger partial charge in [-0.25, -0.2) is 23.1 Å². The summed E-state index contributed by atoms with van der Waals surface area (Å²) in [6.07, 6.45) is 3.74. The molecule has 2 N–H and O–H groups in total. The van der Waals surface area contributed by atoms with E-state index in [4.69, 9.17) is 0 Å². The molecule has 1 fully saturated rings. The summed E-state index contributed by atoms with van der Waals surface area (Å²) in [5, 5.41) is 10.3. The van der Waals surface area contributed by atoms with Crippen molar-refractivity contribution in [3.8, 4) is 0 Å². The summed E-state index contributed by atoms with van der Waals surface area (Å²) in [4.78, 5) is 21.0. The van der Waals surface area contributed by atoms with Gasteiger partial charge in [-0.3, -0.25) is 4.79 Å². The number of anilines is 3. The van der Waals surface area contributed by atoms with Gasteiger partial charge in [-0.1, -0.05) is 6.07 Å². The van der Waals surface area contributed by atoms with Crippen LogP contribution >= 0.6 is 0 Å². The van der Waals surface area contributed by atoms with Crippen molar-refractivity contribution in [3.63, 3.8) is 0 Å². The maximum absolute atomic E-state index is 12.8. The molecular formula is C19H20N6O3S. The lowest BCUT2D eigenvalue weighted by atomic mass is 10.2. The summed E-state index contributed by atoms with van der Waals surface area (Å²) < 4.78 is 25.2. The minimum Gasteiger partial charge on any atom is -0.324 e. The van der Waals surface area contributed by atoms with Gasteiger partial charge in [-0.05, 0) is 37.6 Å². The van der Waals surface area contributed by atoms with Crippen LogP contribution in [0.15, 0.2) is 48.8 Å². The zero-order valence-electron chi connectivity index (χ0n) is 15.7. The average molecular weight is 412 g/mol. The van der Waals surface area contributed by atoms with Gasteiger partial charge in [0.2, 0.25) is 5.95 Å². The van der Waals surface area contributed by atoms with Crippen LogP contribution < -0.4 is 10.6 Å². The fourth-order valence-electron chi connectivity index (χ4n) is 3.28. The lowest BCUT2D eigenvalue weighted by Crippen LogP contribution is -2.19. The topological polar surface area (TPSA) is 119 Å². The molecule has 0 unspecified atom stereocenters. The number of hydrogen-bond acceptors (Lipinski definition) is 7. The molecule has 0 aliphatic carbocycles. The Morgan fingerprint density at radius 3 is 2.69 bits per heavy atom. The lowest BCUT2D eigenvalue weighted by Gasteiger charge is -2.14. The molecule has 0 bridgehead atoms. The third-order valence-corrected chi connectivity index (χ3v) is 6.35. The molecule has 4 rings (SSSR count). The highest BCUT2D eigenvalue weighted by Crippen LogP contribution is 2.27. The van der Waals surface area contributed by atoms with Gasteiger partial charge in [-0.15, -0.1) is 0 Å². The van der Waals surface area contributed by atoms with Crippen LogP contribution in [0.3, 0.4) is 0 Å². The number of hydrogen-bond donors (Lipinski definition) is 2. The highest BCUT2D eigenvalue weighted by Gasteiger charge is 2.31. The number of amides is 1. The van der Waals surface area contributed by atoms with Crippen molar-refractivity contribution in [2.75, 3.05) is 22.1 Å². The number of benzene rings is 1. The van der Waals surface area contributed by atoms with Gasteiger partial charge in [-0.2, -0.15) is 5.10 Å². The van der Waals surface area contributed by atoms with Gasteiger partial charge < -0.3 is 10.6 Å². The Morgan fingerprint density at radius 2 is 1.97 bits per heavy atom. The molecule has 1 aromatic carbocycles. The van der Waals surface area contributed by atoms with E-state index in [9.17, 15) is 13.2 Å². The van der Waals surface area contributed by atoms with Crippen molar-refractivity contribution in [2.45, 2.75) is 19.4 Å². The van der Waals surface area contributed by atoms with E-state index in [-0.39, 0.29) is 23.5 Å². The van der Waals surface area contributed by atoms with Crippen molar-refractivity contribution >= 4 is 33.2 Å². The van der Waals surface area contributed by atoms with Crippen molar-refractivity contribution in [1.29, 1.82) is 0 Å². The van der Waals surface area contributed by atoms with Crippen LogP contribution in [-0.4, -0.2) is 45.6 Å². The summed E-state index contributed by atoms with van der Waals surface area (Å²) >= 11 is 0. The van der Waals surface area contributed by atoms with E-state index < -0.39 is 9.84 Å². The highest BCUT2D eigenvalue weighted by molar-refractivity contribution is 7.91. The molecule has 9 nitrogen and oxygen atoms in total. The summed E-state index contributed by atoms with van der Waals surface area (Å²) in [5.74, 6) is 0.775. The predicted molar refractivity (Wildman–Crippen MR) is 109 cm³/mol. The van der Waals surface area contributed by atoms with Crippen LogP contribution in [-0.2, 0) is 9.84 Å². The molecule has 10 heteroatoms. The number of sulfone groups is 1. The van der Waals surface area contributed by atoms with Crippen LogP contribution in [0, 0.1) is 6.92 Å². The van der Waals surface area contributed by atoms with E-state index in [0.29, 0.717) is 35.1 Å².